The molecule has 0 amide bonds. The number of benzene rings is 2. The molecule has 0 aliphatic carbocycles. The van der Waals surface area contributed by atoms with Crippen molar-refractivity contribution in [2.24, 2.45) is 5.16 Å². The highest BCUT2D eigenvalue weighted by Gasteiger charge is 2.06. The van der Waals surface area contributed by atoms with Crippen molar-refractivity contribution in [1.29, 1.82) is 0 Å². The van der Waals surface area contributed by atoms with Gasteiger partial charge in [-0.3, -0.25) is 0 Å². The van der Waals surface area contributed by atoms with Gasteiger partial charge in [0.1, 0.15) is 5.71 Å². The number of hydrogen-bond donors (Lipinski definition) is 0. The van der Waals surface area contributed by atoms with Crippen LogP contribution in [0.4, 0.5) is 0 Å². The van der Waals surface area contributed by atoms with Crippen LogP contribution in [-0.4, -0.2) is 12.3 Å². The maximum atomic E-state index is 5.15. The highest BCUT2D eigenvalue weighted by atomic mass is 16.6. The lowest BCUT2D eigenvalue weighted by molar-refractivity contribution is 0.180. The van der Waals surface area contributed by atoms with Crippen molar-refractivity contribution in [3.05, 3.63) is 71.8 Å². The van der Waals surface area contributed by atoms with Gasteiger partial charge in [0, 0.05) is 11.1 Å². The highest BCUT2D eigenvalue weighted by molar-refractivity contribution is 6.12. The molecule has 0 saturated carbocycles. The van der Waals surface area contributed by atoms with Gasteiger partial charge in [-0.25, -0.2) is 0 Å². The zero-order valence-corrected chi connectivity index (χ0v) is 9.91. The smallest absolute Gasteiger partial charge is 0.177 e. The van der Waals surface area contributed by atoms with E-state index in [1.807, 2.05) is 60.7 Å². The molecule has 2 heteroatoms. The number of nitrogens with zero attached hydrogens (tertiary/aromatic N) is 1. The van der Waals surface area contributed by atoms with Gasteiger partial charge in [-0.2, -0.15) is 0 Å². The fraction of sp³-hybridized carbons (Fsp3) is 0.0625. The minimum atomic E-state index is 0.170. The minimum Gasteiger partial charge on any atom is -0.382 e. The van der Waals surface area contributed by atoms with Crippen LogP contribution < -0.4 is 0 Å². The van der Waals surface area contributed by atoms with Crippen LogP contribution in [-0.2, 0) is 4.84 Å². The summed E-state index contributed by atoms with van der Waals surface area (Å²) < 4.78 is 0. The molecule has 0 aliphatic rings. The van der Waals surface area contributed by atoms with Gasteiger partial charge in [-0.1, -0.05) is 71.7 Å². The Morgan fingerprint density at radius 3 is 1.89 bits per heavy atom. The average molecular weight is 235 g/mol. The van der Waals surface area contributed by atoms with Gasteiger partial charge >= 0.3 is 0 Å². The molecule has 0 bridgehead atoms. The maximum absolute atomic E-state index is 5.15. The third kappa shape index (κ3) is 2.99. The van der Waals surface area contributed by atoms with Crippen molar-refractivity contribution in [3.63, 3.8) is 0 Å². The lowest BCUT2D eigenvalue weighted by Gasteiger charge is -2.06. The second-order valence-corrected chi connectivity index (χ2v) is 3.65. The van der Waals surface area contributed by atoms with Crippen LogP contribution in [0.1, 0.15) is 11.1 Å². The number of rotatable bonds is 4. The zero-order valence-electron chi connectivity index (χ0n) is 9.91. The van der Waals surface area contributed by atoms with Gasteiger partial charge in [-0.05, 0) is 0 Å². The average Bonchev–Trinajstić information content (AvgIpc) is 2.46. The summed E-state index contributed by atoms with van der Waals surface area (Å²) in [6.45, 7) is 0.170. The Morgan fingerprint density at radius 1 is 0.944 bits per heavy atom. The fourth-order valence-corrected chi connectivity index (χ4v) is 1.60. The first-order valence-electron chi connectivity index (χ1n) is 5.66. The molecule has 0 aromatic heterocycles. The lowest BCUT2D eigenvalue weighted by Crippen LogP contribution is -2.04. The highest BCUT2D eigenvalue weighted by Crippen LogP contribution is 2.10. The molecule has 88 valence electrons. The van der Waals surface area contributed by atoms with Gasteiger partial charge in [0.25, 0.3) is 0 Å². The van der Waals surface area contributed by atoms with E-state index in [1.54, 1.807) is 0 Å². The molecule has 0 fully saturated rings. The molecule has 0 saturated heterocycles. The Morgan fingerprint density at radius 2 is 1.44 bits per heavy atom. The summed E-state index contributed by atoms with van der Waals surface area (Å²) in [5.41, 5.74) is 2.79. The second kappa shape index (κ2) is 6.27. The lowest BCUT2D eigenvalue weighted by atomic mass is 10.0. The summed E-state index contributed by atoms with van der Waals surface area (Å²) >= 11 is 0. The van der Waals surface area contributed by atoms with E-state index in [2.05, 4.69) is 11.1 Å². The minimum absolute atomic E-state index is 0.170. The van der Waals surface area contributed by atoms with Crippen LogP contribution in [0.3, 0.4) is 0 Å². The Hall–Kier alpha value is -2.53. The monoisotopic (exact) mass is 235 g/mol. The van der Waals surface area contributed by atoms with E-state index < -0.39 is 0 Å². The van der Waals surface area contributed by atoms with Crippen LogP contribution in [0.2, 0.25) is 0 Å². The van der Waals surface area contributed by atoms with Gasteiger partial charge in [0.2, 0.25) is 0 Å². The number of oxime groups is 1. The summed E-state index contributed by atoms with van der Waals surface area (Å²) in [5.74, 6) is 2.40. The van der Waals surface area contributed by atoms with E-state index in [4.69, 9.17) is 11.3 Å². The molecule has 0 unspecified atom stereocenters. The Bertz CT molecular complexity index is 511. The first kappa shape index (κ1) is 11.9. The summed E-state index contributed by atoms with van der Waals surface area (Å²) in [6.07, 6.45) is 5.15. The summed E-state index contributed by atoms with van der Waals surface area (Å²) in [6, 6.07) is 19.8. The van der Waals surface area contributed by atoms with Gasteiger partial charge in [0.05, 0.1) is 0 Å². The molecular weight excluding hydrogens is 222 g/mol. The fourth-order valence-electron chi connectivity index (χ4n) is 1.60. The molecule has 2 nitrogen and oxygen atoms in total. The standard InChI is InChI=1S/C16H13NO/c1-2-13-18-17-16(14-9-5-3-6-10-14)15-11-7-4-8-12-15/h1,3-12H,13H2. The molecule has 2 aromatic rings. The molecular formula is C16H13NO. The summed E-state index contributed by atoms with van der Waals surface area (Å²) in [5, 5.41) is 4.13. The molecule has 0 N–H and O–H groups in total. The van der Waals surface area contributed by atoms with Crippen LogP contribution in [0, 0.1) is 12.3 Å². The third-order valence-corrected chi connectivity index (χ3v) is 2.40. The maximum Gasteiger partial charge on any atom is 0.177 e. The molecule has 2 aromatic carbocycles. The van der Waals surface area contributed by atoms with Gasteiger partial charge in [-0.15, -0.1) is 6.42 Å². The van der Waals surface area contributed by atoms with Crippen molar-refractivity contribution in [2.75, 3.05) is 6.61 Å². The van der Waals surface area contributed by atoms with Crippen LogP contribution >= 0.6 is 0 Å². The van der Waals surface area contributed by atoms with E-state index in [0.29, 0.717) is 0 Å². The largest absolute Gasteiger partial charge is 0.382 e. The third-order valence-electron chi connectivity index (χ3n) is 2.40. The van der Waals surface area contributed by atoms with E-state index in [0.717, 1.165) is 16.8 Å². The van der Waals surface area contributed by atoms with Gasteiger partial charge in [0.15, 0.2) is 6.61 Å². The van der Waals surface area contributed by atoms with Crippen molar-refractivity contribution in [3.8, 4) is 12.3 Å². The van der Waals surface area contributed by atoms with E-state index in [9.17, 15) is 0 Å². The predicted octanol–water partition coefficient (Wildman–Crippen LogP) is 3.09. The summed E-state index contributed by atoms with van der Waals surface area (Å²) in [4.78, 5) is 5.11. The molecule has 0 heterocycles. The Labute approximate surface area is 107 Å². The zero-order chi connectivity index (χ0) is 12.6. The Kier molecular flexibility index (Phi) is 4.16. The van der Waals surface area contributed by atoms with Crippen molar-refractivity contribution < 1.29 is 4.84 Å². The molecule has 0 aliphatic heterocycles. The predicted molar refractivity (Wildman–Crippen MR) is 73.3 cm³/mol. The SMILES string of the molecule is C#CCON=C(c1ccccc1)c1ccccc1. The number of hydrogen-bond acceptors (Lipinski definition) is 2. The topological polar surface area (TPSA) is 21.6 Å². The normalized spacial score (nSPS) is 9.28. The van der Waals surface area contributed by atoms with Crippen molar-refractivity contribution in [2.45, 2.75) is 0 Å². The summed E-state index contributed by atoms with van der Waals surface area (Å²) in [7, 11) is 0. The first-order valence-corrected chi connectivity index (χ1v) is 5.66. The molecule has 0 atom stereocenters. The molecule has 0 spiro atoms. The quantitative estimate of drug-likeness (QED) is 0.345. The molecule has 0 radical (unpaired) electrons. The Balaban J connectivity index is 2.36. The van der Waals surface area contributed by atoms with Crippen molar-refractivity contribution >= 4 is 5.71 Å². The van der Waals surface area contributed by atoms with E-state index in [-0.39, 0.29) is 6.61 Å². The number of terminal acetylenes is 1. The van der Waals surface area contributed by atoms with E-state index >= 15 is 0 Å². The molecule has 2 rings (SSSR count). The molecule has 18 heavy (non-hydrogen) atoms. The van der Waals surface area contributed by atoms with Crippen LogP contribution in [0.5, 0.6) is 0 Å². The van der Waals surface area contributed by atoms with Crippen LogP contribution in [0.25, 0.3) is 0 Å². The van der Waals surface area contributed by atoms with Gasteiger partial charge < -0.3 is 4.84 Å². The first-order chi connectivity index (χ1) is 8.92. The second-order valence-electron chi connectivity index (χ2n) is 3.65. The van der Waals surface area contributed by atoms with Crippen molar-refractivity contribution in [1.82, 2.24) is 0 Å². The van der Waals surface area contributed by atoms with E-state index in [1.165, 1.54) is 0 Å². The van der Waals surface area contributed by atoms with Crippen LogP contribution in [0.15, 0.2) is 65.8 Å².